The zero-order chi connectivity index (χ0) is 32.4. The second-order valence-corrected chi connectivity index (χ2v) is 9.28. The van der Waals surface area contributed by atoms with E-state index < -0.39 is 0 Å². The Kier molecular flexibility index (Phi) is 17.4. The first kappa shape index (κ1) is 44.1. The molecule has 0 atom stereocenters. The molecule has 54 heavy (non-hydrogen) atoms. The molecule has 0 saturated carbocycles. The van der Waals surface area contributed by atoms with Crippen LogP contribution in [0.2, 0.25) is 0 Å². The Bertz CT molecular complexity index is 1840. The lowest BCUT2D eigenvalue weighted by molar-refractivity contribution is 0.823. The predicted molar refractivity (Wildman–Crippen MR) is 184 cm³/mol. The van der Waals surface area contributed by atoms with Gasteiger partial charge in [-0.2, -0.15) is 0 Å². The number of aromatic nitrogens is 21. The fourth-order valence-electron chi connectivity index (χ4n) is 4.01. The largest absolute Gasteiger partial charge is 0.412 e. The van der Waals surface area contributed by atoms with Crippen LogP contribution in [0.4, 0.5) is 0 Å². The Balaban J connectivity index is 0.000000384. The van der Waals surface area contributed by atoms with E-state index in [0.29, 0.717) is 0 Å². The molecule has 0 spiro atoms. The van der Waals surface area contributed by atoms with Crippen LogP contribution in [-0.2, 0) is 0 Å². The first-order chi connectivity index (χ1) is 23.8. The summed E-state index contributed by atoms with van der Waals surface area (Å²) in [5, 5.41) is 44.8. The summed E-state index contributed by atoms with van der Waals surface area (Å²) in [5.41, 5.74) is 0. The summed E-state index contributed by atoms with van der Waals surface area (Å²) >= 11 is 0. The zero-order valence-electron chi connectivity index (χ0n) is 27.5. The van der Waals surface area contributed by atoms with Crippen LogP contribution >= 0.6 is 0 Å². The van der Waals surface area contributed by atoms with Crippen LogP contribution < -0.4 is 0 Å². The van der Waals surface area contributed by atoms with Crippen molar-refractivity contribution in [2.24, 2.45) is 0 Å². The first-order valence-electron chi connectivity index (χ1n) is 13.8. The van der Waals surface area contributed by atoms with E-state index in [1.165, 1.54) is 0 Å². The smallest absolute Gasteiger partial charge is 0.141 e. The third kappa shape index (κ3) is 10.5. The maximum atomic E-state index is 4.42. The van der Waals surface area contributed by atoms with Crippen LogP contribution in [-0.4, -0.2) is 136 Å². The molecular weight excluding hydrogens is 714 g/mol. The second-order valence-electron chi connectivity index (χ2n) is 9.28. The molecule has 27 nitrogen and oxygen atoms in total. The molecule has 27 heteroatoms. The number of nitrogens with zero attached hydrogens (tertiary/aromatic N) is 21. The highest BCUT2D eigenvalue weighted by Crippen LogP contribution is 2.10. The van der Waals surface area contributed by atoms with E-state index in [0.717, 1.165) is 34.9 Å². The minimum Gasteiger partial charge on any atom is -0.412 e. The van der Waals surface area contributed by atoms with Crippen molar-refractivity contribution in [1.29, 1.82) is 0 Å². The summed E-state index contributed by atoms with van der Waals surface area (Å²) in [6.45, 7) is 0. The highest BCUT2D eigenvalue weighted by atomic mass is 16.0. The van der Waals surface area contributed by atoms with Gasteiger partial charge < -0.3 is 32.9 Å². The topological polar surface area (TPSA) is 412 Å². The maximum absolute atomic E-state index is 4.42. The normalized spacial score (nSPS) is 9.33. The van der Waals surface area contributed by atoms with E-state index in [9.17, 15) is 0 Å². The zero-order valence-corrected chi connectivity index (χ0v) is 27.5. The number of pyridine rings is 3. The molecule has 0 bridgehead atoms. The van der Waals surface area contributed by atoms with E-state index in [2.05, 4.69) is 76.1 Å². The minimum absolute atomic E-state index is 0. The molecule has 282 valence electrons. The highest BCUT2D eigenvalue weighted by Gasteiger charge is 2.04. The van der Waals surface area contributed by atoms with Crippen LogP contribution in [0.3, 0.4) is 0 Å². The molecule has 0 aliphatic carbocycles. The lowest BCUT2D eigenvalue weighted by atomic mass is 10.4. The van der Waals surface area contributed by atoms with Gasteiger partial charge in [-0.3, -0.25) is 27.4 Å². The van der Waals surface area contributed by atoms with Crippen molar-refractivity contribution in [2.45, 2.75) is 0 Å². The standard InChI is InChI=1S/3C9H7N7.6H2O/c3*1-2-8(15-4-10-11-5-15)14-9(3-1)16-6-12-13-7-16;;;;;;/h3*1-7H;6*1H2. The quantitative estimate of drug-likeness (QED) is 0.155. The van der Waals surface area contributed by atoms with E-state index in [1.54, 1.807) is 103 Å². The van der Waals surface area contributed by atoms with Gasteiger partial charge in [0.15, 0.2) is 0 Å². The van der Waals surface area contributed by atoms with E-state index in [4.69, 9.17) is 0 Å². The third-order valence-electron chi connectivity index (χ3n) is 6.26. The summed E-state index contributed by atoms with van der Waals surface area (Å²) in [7, 11) is 0. The monoisotopic (exact) mass is 747 g/mol. The molecule has 0 saturated heterocycles. The van der Waals surface area contributed by atoms with Crippen molar-refractivity contribution in [3.63, 3.8) is 0 Å². The van der Waals surface area contributed by atoms with Gasteiger partial charge in [0.05, 0.1) is 0 Å². The van der Waals surface area contributed by atoms with Crippen molar-refractivity contribution < 1.29 is 32.9 Å². The van der Waals surface area contributed by atoms with Crippen molar-refractivity contribution >= 4 is 0 Å². The van der Waals surface area contributed by atoms with Crippen LogP contribution in [0.5, 0.6) is 0 Å². The fourth-order valence-corrected chi connectivity index (χ4v) is 4.01. The van der Waals surface area contributed by atoms with Gasteiger partial charge in [-0.15, -0.1) is 61.2 Å². The summed E-state index contributed by atoms with van der Waals surface area (Å²) in [6.07, 6.45) is 19.1. The Hall–Kier alpha value is -7.95. The Morgan fingerprint density at radius 1 is 0.222 bits per heavy atom. The number of hydrogen-bond donors (Lipinski definition) is 0. The van der Waals surface area contributed by atoms with Crippen molar-refractivity contribution in [2.75, 3.05) is 0 Å². The Morgan fingerprint density at radius 2 is 0.352 bits per heavy atom. The van der Waals surface area contributed by atoms with Crippen molar-refractivity contribution in [3.05, 3.63) is 131 Å². The summed E-state index contributed by atoms with van der Waals surface area (Å²) in [5.74, 6) is 4.48. The van der Waals surface area contributed by atoms with Crippen LogP contribution in [0, 0.1) is 0 Å². The summed E-state index contributed by atoms with van der Waals surface area (Å²) < 4.78 is 10.4. The average molecular weight is 748 g/mol. The molecule has 0 amide bonds. The molecular formula is C27H33N21O6. The Morgan fingerprint density at radius 3 is 0.481 bits per heavy atom. The van der Waals surface area contributed by atoms with E-state index in [-0.39, 0.29) is 32.9 Å². The molecule has 0 aliphatic rings. The van der Waals surface area contributed by atoms with Gasteiger partial charge in [-0.25, -0.2) is 15.0 Å². The lowest BCUT2D eigenvalue weighted by Crippen LogP contribution is -1.99. The maximum Gasteiger partial charge on any atom is 0.141 e. The Labute approximate surface area is 301 Å². The predicted octanol–water partition coefficient (Wildman–Crippen LogP) is -4.22. The molecule has 9 aromatic rings. The molecule has 0 aromatic carbocycles. The van der Waals surface area contributed by atoms with Crippen LogP contribution in [0.1, 0.15) is 0 Å². The van der Waals surface area contributed by atoms with Crippen LogP contribution in [0.15, 0.2) is 131 Å². The molecule has 0 fully saturated rings. The molecule has 9 heterocycles. The molecule has 12 N–H and O–H groups in total. The minimum atomic E-state index is 0. The fraction of sp³-hybridized carbons (Fsp3) is 0. The van der Waals surface area contributed by atoms with E-state index >= 15 is 0 Å². The molecule has 9 rings (SSSR count). The average Bonchev–Trinajstić information content (AvgIpc) is 4.02. The SMILES string of the molecule is O.O.O.O.O.O.c1cc(-n2cnnc2)nc(-n2cnnc2)c1.c1cc(-n2cnnc2)nc(-n2cnnc2)c1.c1cc(-n2cnnc2)nc(-n2cnnc2)c1. The molecule has 0 radical (unpaired) electrons. The molecule has 0 unspecified atom stereocenters. The summed E-state index contributed by atoms with van der Waals surface area (Å²) in [4.78, 5) is 13.3. The van der Waals surface area contributed by atoms with Crippen molar-refractivity contribution in [3.8, 4) is 34.9 Å². The van der Waals surface area contributed by atoms with Gasteiger partial charge in [-0.1, -0.05) is 18.2 Å². The molecule has 9 aromatic heterocycles. The lowest BCUT2D eigenvalue weighted by Gasteiger charge is -2.03. The van der Waals surface area contributed by atoms with Crippen molar-refractivity contribution in [1.82, 2.24) is 104 Å². The van der Waals surface area contributed by atoms with Gasteiger partial charge >= 0.3 is 0 Å². The third-order valence-corrected chi connectivity index (χ3v) is 6.26. The van der Waals surface area contributed by atoms with Gasteiger partial charge in [0, 0.05) is 0 Å². The van der Waals surface area contributed by atoms with E-state index in [1.807, 2.05) is 54.6 Å². The van der Waals surface area contributed by atoms with Crippen LogP contribution in [0.25, 0.3) is 34.9 Å². The number of hydrogen-bond acceptors (Lipinski definition) is 15. The van der Waals surface area contributed by atoms with Gasteiger partial charge in [0.2, 0.25) is 0 Å². The molecule has 0 aliphatic heterocycles. The second kappa shape index (κ2) is 21.3. The van der Waals surface area contributed by atoms with Gasteiger partial charge in [-0.05, 0) is 36.4 Å². The highest BCUT2D eigenvalue weighted by molar-refractivity contribution is 5.33. The van der Waals surface area contributed by atoms with Gasteiger partial charge in [0.25, 0.3) is 0 Å². The van der Waals surface area contributed by atoms with Gasteiger partial charge in [0.1, 0.15) is 111 Å². The summed E-state index contributed by atoms with van der Waals surface area (Å²) in [6, 6.07) is 16.9. The number of rotatable bonds is 6. The first-order valence-corrected chi connectivity index (χ1v) is 13.8.